The van der Waals surface area contributed by atoms with E-state index in [1.807, 2.05) is 81.4 Å². The van der Waals surface area contributed by atoms with Gasteiger partial charge in [-0.15, -0.1) is 0 Å². The highest BCUT2D eigenvalue weighted by Crippen LogP contribution is 2.34. The van der Waals surface area contributed by atoms with Crippen molar-refractivity contribution in [2.75, 3.05) is 14.2 Å². The van der Waals surface area contributed by atoms with Crippen LogP contribution < -0.4 is 11.5 Å². The zero-order valence-electron chi connectivity index (χ0n) is 25.9. The molecule has 0 aliphatic rings. The second kappa shape index (κ2) is 24.4. The molecule has 0 radical (unpaired) electrons. The largest absolute Gasteiger partial charge is 0.417 e. The van der Waals surface area contributed by atoms with Crippen molar-refractivity contribution in [3.63, 3.8) is 0 Å². The Labute approximate surface area is 246 Å². The van der Waals surface area contributed by atoms with Gasteiger partial charge in [-0.2, -0.15) is 13.2 Å². The number of halogens is 4. The number of nitrogens with two attached hydrogens (primary N) is 2. The van der Waals surface area contributed by atoms with E-state index in [2.05, 4.69) is 19.6 Å². The molecule has 0 saturated carbocycles. The number of rotatable bonds is 8. The Hall–Kier alpha value is -3.38. The third kappa shape index (κ3) is 15.9. The van der Waals surface area contributed by atoms with Crippen LogP contribution >= 0.6 is 0 Å². The lowest BCUT2D eigenvalue weighted by Crippen LogP contribution is -2.11. The molecule has 3 aromatic rings. The van der Waals surface area contributed by atoms with Gasteiger partial charge < -0.3 is 11.5 Å². The zero-order chi connectivity index (χ0) is 31.7. The molecule has 41 heavy (non-hydrogen) atoms. The predicted octanol–water partition coefficient (Wildman–Crippen LogP) is 10.4. The van der Waals surface area contributed by atoms with Crippen molar-refractivity contribution in [1.82, 2.24) is 0 Å². The lowest BCUT2D eigenvalue weighted by Gasteiger charge is -2.14. The van der Waals surface area contributed by atoms with Crippen LogP contribution in [-0.2, 0) is 12.6 Å². The minimum Gasteiger partial charge on any atom is -0.398 e. The summed E-state index contributed by atoms with van der Waals surface area (Å²) in [7, 11) is 2.00. The van der Waals surface area contributed by atoms with Crippen LogP contribution in [0.1, 0.15) is 81.2 Å². The van der Waals surface area contributed by atoms with Crippen molar-refractivity contribution in [3.05, 3.63) is 119 Å². The van der Waals surface area contributed by atoms with Crippen LogP contribution in [0.4, 0.5) is 17.6 Å². The summed E-state index contributed by atoms with van der Waals surface area (Å²) in [5.41, 5.74) is 14.0. The van der Waals surface area contributed by atoms with Gasteiger partial charge in [0.05, 0.1) is 12.7 Å². The summed E-state index contributed by atoms with van der Waals surface area (Å²) >= 11 is 0. The fourth-order valence-corrected chi connectivity index (χ4v) is 3.68. The number of hydrogen-bond acceptors (Lipinski definition) is 2. The molecule has 0 spiro atoms. The fourth-order valence-electron chi connectivity index (χ4n) is 3.68. The lowest BCUT2D eigenvalue weighted by atomic mass is 9.97. The third-order valence-corrected chi connectivity index (χ3v) is 5.72. The number of alkyl halides is 4. The maximum Gasteiger partial charge on any atom is 0.417 e. The topological polar surface area (TPSA) is 52.0 Å². The molecule has 3 rings (SSSR count). The Balaban J connectivity index is 0. The maximum atomic E-state index is 13.4. The van der Waals surface area contributed by atoms with Crippen LogP contribution in [-0.4, -0.2) is 14.2 Å². The fraction of sp³-hybridized carbons (Fsp3) is 0.371. The molecule has 0 unspecified atom stereocenters. The molecule has 0 aliphatic carbocycles. The van der Waals surface area contributed by atoms with Crippen LogP contribution in [0.5, 0.6) is 0 Å². The van der Waals surface area contributed by atoms with E-state index in [0.717, 1.165) is 28.3 Å². The second-order valence-electron chi connectivity index (χ2n) is 8.51. The molecular formula is C35H50F4N2. The quantitative estimate of drug-likeness (QED) is 0.160. The van der Waals surface area contributed by atoms with Gasteiger partial charge in [-0.05, 0) is 54.8 Å². The molecule has 2 nitrogen and oxygen atoms in total. The predicted molar refractivity (Wildman–Crippen MR) is 171 cm³/mol. The Kier molecular flexibility index (Phi) is 23.7. The van der Waals surface area contributed by atoms with Gasteiger partial charge in [-0.3, -0.25) is 4.39 Å². The summed E-state index contributed by atoms with van der Waals surface area (Å²) in [5.74, 6) is 0. The summed E-state index contributed by atoms with van der Waals surface area (Å²) in [4.78, 5) is 0. The van der Waals surface area contributed by atoms with Gasteiger partial charge in [0.2, 0.25) is 0 Å². The molecule has 0 aliphatic heterocycles. The van der Waals surface area contributed by atoms with E-state index in [0.29, 0.717) is 13.6 Å². The van der Waals surface area contributed by atoms with Crippen molar-refractivity contribution in [2.24, 2.45) is 11.5 Å². The molecule has 0 amide bonds. The molecule has 0 atom stereocenters. The van der Waals surface area contributed by atoms with Gasteiger partial charge in [-0.25, -0.2) is 0 Å². The van der Waals surface area contributed by atoms with Gasteiger partial charge in [-0.1, -0.05) is 132 Å². The molecular weight excluding hydrogens is 524 g/mol. The number of allylic oxidation sites excluding steroid dienone is 3. The van der Waals surface area contributed by atoms with E-state index in [1.165, 1.54) is 44.9 Å². The van der Waals surface area contributed by atoms with E-state index in [1.54, 1.807) is 12.1 Å². The first-order valence-corrected chi connectivity index (χ1v) is 14.2. The Bertz CT molecular complexity index is 1100. The summed E-state index contributed by atoms with van der Waals surface area (Å²) in [6.07, 6.45) is 5.35. The lowest BCUT2D eigenvalue weighted by molar-refractivity contribution is -0.137. The smallest absolute Gasteiger partial charge is 0.398 e. The number of aryl methyl sites for hydroxylation is 1. The van der Waals surface area contributed by atoms with Crippen molar-refractivity contribution < 1.29 is 17.6 Å². The van der Waals surface area contributed by atoms with Crippen LogP contribution in [0.2, 0.25) is 0 Å². The first kappa shape index (κ1) is 39.8. The molecule has 228 valence electrons. The standard InChI is InChI=1S/C25H22F3N.C6H14.C2H6.CH3F.CH5N/c1-18-9-5-6-10-19(18)15-16-21(20-11-3-2-4-12-20)17-24(29)22-13-7-8-14-23(22)25(26,27)28;1-3-5-6-4-2;3*1-2/h2-14,16-17H,15,29H2,1H3;3-6H2,1-2H3;1-2H3;1H3;2H2,1H3/b21-16+,24-17-;;;;. The van der Waals surface area contributed by atoms with Gasteiger partial charge in [0.25, 0.3) is 0 Å². The summed E-state index contributed by atoms with van der Waals surface area (Å²) in [6, 6.07) is 22.9. The first-order valence-electron chi connectivity index (χ1n) is 14.2. The Morgan fingerprint density at radius 3 is 1.76 bits per heavy atom. The number of unbranched alkanes of at least 4 members (excludes halogenated alkanes) is 3. The van der Waals surface area contributed by atoms with E-state index >= 15 is 0 Å². The average Bonchev–Trinajstić information content (AvgIpc) is 3.02. The molecule has 0 aromatic heterocycles. The van der Waals surface area contributed by atoms with E-state index in [4.69, 9.17) is 5.73 Å². The van der Waals surface area contributed by atoms with E-state index < -0.39 is 11.7 Å². The molecule has 0 saturated heterocycles. The number of benzene rings is 3. The normalized spacial score (nSPS) is 10.8. The van der Waals surface area contributed by atoms with Crippen molar-refractivity contribution in [1.29, 1.82) is 0 Å². The van der Waals surface area contributed by atoms with Crippen molar-refractivity contribution >= 4 is 11.3 Å². The van der Waals surface area contributed by atoms with Crippen LogP contribution in [0.3, 0.4) is 0 Å². The molecule has 3 aromatic carbocycles. The van der Waals surface area contributed by atoms with Crippen molar-refractivity contribution in [2.45, 2.75) is 72.9 Å². The highest BCUT2D eigenvalue weighted by molar-refractivity contribution is 5.83. The molecule has 4 N–H and O–H groups in total. The second-order valence-corrected chi connectivity index (χ2v) is 8.51. The SMILES string of the molecule is CC.CCCCCC.CF.CN.Cc1ccccc1C/C=C(\C=C(/N)c1ccccc1C(F)(F)F)c1ccccc1. The summed E-state index contributed by atoms with van der Waals surface area (Å²) in [5, 5.41) is 0. The molecule has 0 heterocycles. The Morgan fingerprint density at radius 2 is 1.24 bits per heavy atom. The van der Waals surface area contributed by atoms with Gasteiger partial charge in [0.15, 0.2) is 0 Å². The monoisotopic (exact) mass is 574 g/mol. The zero-order valence-corrected chi connectivity index (χ0v) is 25.9. The highest BCUT2D eigenvalue weighted by Gasteiger charge is 2.33. The van der Waals surface area contributed by atoms with Crippen LogP contribution in [0, 0.1) is 6.92 Å². The minimum absolute atomic E-state index is 0.0160. The van der Waals surface area contributed by atoms with Gasteiger partial charge in [0, 0.05) is 11.3 Å². The number of hydrogen-bond donors (Lipinski definition) is 2. The van der Waals surface area contributed by atoms with Gasteiger partial charge in [0.1, 0.15) is 0 Å². The summed E-state index contributed by atoms with van der Waals surface area (Å²) in [6.45, 7) is 10.5. The average molecular weight is 575 g/mol. The summed E-state index contributed by atoms with van der Waals surface area (Å²) < 4.78 is 49.7. The molecule has 0 fully saturated rings. The van der Waals surface area contributed by atoms with Crippen molar-refractivity contribution in [3.8, 4) is 0 Å². The molecule has 6 heteroatoms. The van der Waals surface area contributed by atoms with Crippen LogP contribution in [0.25, 0.3) is 11.3 Å². The minimum atomic E-state index is -4.47. The van der Waals surface area contributed by atoms with E-state index in [-0.39, 0.29) is 11.3 Å². The molecule has 0 bridgehead atoms. The van der Waals surface area contributed by atoms with Gasteiger partial charge >= 0.3 is 6.18 Å². The Morgan fingerprint density at radius 1 is 0.756 bits per heavy atom. The first-order chi connectivity index (χ1) is 19.8. The third-order valence-electron chi connectivity index (χ3n) is 5.72. The highest BCUT2D eigenvalue weighted by atomic mass is 19.4. The maximum absolute atomic E-state index is 13.4. The van der Waals surface area contributed by atoms with Crippen LogP contribution in [0.15, 0.2) is 91.0 Å². The van der Waals surface area contributed by atoms with E-state index in [9.17, 15) is 17.6 Å².